The average molecular weight is 274 g/mol. The fourth-order valence-electron chi connectivity index (χ4n) is 1.42. The summed E-state index contributed by atoms with van der Waals surface area (Å²) >= 11 is 11.9. The Bertz CT molecular complexity index is 433. The summed E-state index contributed by atoms with van der Waals surface area (Å²) in [6.45, 7) is 0.590. The lowest BCUT2D eigenvalue weighted by Crippen LogP contribution is -2.26. The highest BCUT2D eigenvalue weighted by Gasteiger charge is 2.22. The minimum Gasteiger partial charge on any atom is -0.399 e. The maximum absolute atomic E-state index is 6.08. The number of nitrogens with zero attached hydrogens (tertiary/aromatic N) is 2. The van der Waals surface area contributed by atoms with Crippen LogP contribution in [0.3, 0.4) is 0 Å². The van der Waals surface area contributed by atoms with Gasteiger partial charge in [-0.3, -0.25) is 4.98 Å². The van der Waals surface area contributed by atoms with Gasteiger partial charge >= 0.3 is 0 Å². The maximum Gasteiger partial charge on any atom is 0.121 e. The van der Waals surface area contributed by atoms with Crippen LogP contribution in [0.5, 0.6) is 0 Å². The number of hydrogen-bond acceptors (Lipinski definition) is 4. The van der Waals surface area contributed by atoms with E-state index in [1.54, 1.807) is 12.3 Å². The lowest BCUT2D eigenvalue weighted by Gasteiger charge is -2.08. The van der Waals surface area contributed by atoms with E-state index in [2.05, 4.69) is 15.5 Å². The largest absolute Gasteiger partial charge is 0.399 e. The molecule has 92 valence electrons. The standard InChI is InChI=1S/C11H13Cl2N3O/c1-17-16-10(6-14-8-2-3-8)11-9(13)4-7(12)5-15-11/h4-5,8,14H,2-3,6H2,1H3/b16-10+. The van der Waals surface area contributed by atoms with E-state index in [4.69, 9.17) is 28.0 Å². The second-order valence-corrected chi connectivity index (χ2v) is 4.70. The van der Waals surface area contributed by atoms with Gasteiger partial charge in [0.15, 0.2) is 0 Å². The van der Waals surface area contributed by atoms with Crippen LogP contribution in [0.1, 0.15) is 18.5 Å². The van der Waals surface area contributed by atoms with Gasteiger partial charge in [0, 0.05) is 18.8 Å². The van der Waals surface area contributed by atoms with Crippen molar-refractivity contribution in [1.29, 1.82) is 0 Å². The molecule has 0 radical (unpaired) electrons. The second kappa shape index (κ2) is 5.67. The zero-order chi connectivity index (χ0) is 12.3. The molecule has 0 saturated heterocycles. The van der Waals surface area contributed by atoms with Crippen molar-refractivity contribution >= 4 is 28.9 Å². The number of pyridine rings is 1. The Kier molecular flexibility index (Phi) is 4.20. The molecule has 2 rings (SSSR count). The third kappa shape index (κ3) is 3.56. The highest BCUT2D eigenvalue weighted by Crippen LogP contribution is 2.21. The van der Waals surface area contributed by atoms with Gasteiger partial charge in [0.05, 0.1) is 10.0 Å². The average Bonchev–Trinajstić information content (AvgIpc) is 3.09. The molecule has 1 aliphatic rings. The van der Waals surface area contributed by atoms with Crippen LogP contribution in [0.4, 0.5) is 0 Å². The Hall–Kier alpha value is -0.840. The molecule has 1 aromatic heterocycles. The van der Waals surface area contributed by atoms with Crippen LogP contribution in [0.2, 0.25) is 10.0 Å². The number of rotatable bonds is 5. The normalized spacial score (nSPS) is 16.1. The SMILES string of the molecule is CO/N=C(\CNC1CC1)c1ncc(Cl)cc1Cl. The van der Waals surface area contributed by atoms with Crippen LogP contribution < -0.4 is 5.32 Å². The molecule has 6 heteroatoms. The molecule has 4 nitrogen and oxygen atoms in total. The smallest absolute Gasteiger partial charge is 0.121 e. The number of halogens is 2. The molecule has 0 bridgehead atoms. The summed E-state index contributed by atoms with van der Waals surface area (Å²) in [6.07, 6.45) is 3.97. The van der Waals surface area contributed by atoms with Crippen molar-refractivity contribution < 1.29 is 4.84 Å². The Morgan fingerprint density at radius 1 is 1.59 bits per heavy atom. The van der Waals surface area contributed by atoms with E-state index in [1.165, 1.54) is 20.0 Å². The highest BCUT2D eigenvalue weighted by atomic mass is 35.5. The molecule has 17 heavy (non-hydrogen) atoms. The first-order chi connectivity index (χ1) is 8.20. The van der Waals surface area contributed by atoms with Gasteiger partial charge in [0.2, 0.25) is 0 Å². The van der Waals surface area contributed by atoms with Gasteiger partial charge in [-0.2, -0.15) is 0 Å². The fraction of sp³-hybridized carbons (Fsp3) is 0.455. The second-order valence-electron chi connectivity index (χ2n) is 3.86. The predicted molar refractivity (Wildman–Crippen MR) is 68.8 cm³/mol. The van der Waals surface area contributed by atoms with Crippen LogP contribution in [0.25, 0.3) is 0 Å². The zero-order valence-electron chi connectivity index (χ0n) is 9.41. The fourth-order valence-corrected chi connectivity index (χ4v) is 1.91. The maximum atomic E-state index is 6.08. The highest BCUT2D eigenvalue weighted by molar-refractivity contribution is 6.36. The molecule has 0 aromatic carbocycles. The molecule has 0 unspecified atom stereocenters. The number of nitrogens with one attached hydrogen (secondary N) is 1. The first-order valence-electron chi connectivity index (χ1n) is 5.35. The van der Waals surface area contributed by atoms with Crippen molar-refractivity contribution in [3.8, 4) is 0 Å². The first kappa shape index (κ1) is 12.6. The van der Waals surface area contributed by atoms with Crippen molar-refractivity contribution in [2.24, 2.45) is 5.16 Å². The van der Waals surface area contributed by atoms with E-state index in [9.17, 15) is 0 Å². The third-order valence-electron chi connectivity index (χ3n) is 2.42. The quantitative estimate of drug-likeness (QED) is 0.662. The minimum atomic E-state index is 0.478. The summed E-state index contributed by atoms with van der Waals surface area (Å²) in [5, 5.41) is 8.27. The van der Waals surface area contributed by atoms with Crippen LogP contribution in [0, 0.1) is 0 Å². The van der Waals surface area contributed by atoms with Gasteiger partial charge in [0.1, 0.15) is 18.5 Å². The Morgan fingerprint density at radius 3 is 2.94 bits per heavy atom. The lowest BCUT2D eigenvalue weighted by molar-refractivity contribution is 0.213. The molecule has 1 fully saturated rings. The predicted octanol–water partition coefficient (Wildman–Crippen LogP) is 2.49. The zero-order valence-corrected chi connectivity index (χ0v) is 10.9. The molecule has 0 spiro atoms. The van der Waals surface area contributed by atoms with Crippen molar-refractivity contribution in [3.63, 3.8) is 0 Å². The summed E-state index contributed by atoms with van der Waals surface area (Å²) < 4.78 is 0. The molecule has 1 aromatic rings. The van der Waals surface area contributed by atoms with Gasteiger partial charge in [0.25, 0.3) is 0 Å². The topological polar surface area (TPSA) is 46.5 Å². The van der Waals surface area contributed by atoms with Gasteiger partial charge in [-0.25, -0.2) is 0 Å². The van der Waals surface area contributed by atoms with Crippen LogP contribution in [-0.4, -0.2) is 30.4 Å². The van der Waals surface area contributed by atoms with E-state index in [1.807, 2.05) is 0 Å². The molecule has 1 heterocycles. The third-order valence-corrected chi connectivity index (χ3v) is 2.91. The molecule has 0 amide bonds. The van der Waals surface area contributed by atoms with E-state index >= 15 is 0 Å². The van der Waals surface area contributed by atoms with Crippen LogP contribution >= 0.6 is 23.2 Å². The molecule has 1 saturated carbocycles. The van der Waals surface area contributed by atoms with Gasteiger partial charge < -0.3 is 10.2 Å². The van der Waals surface area contributed by atoms with Gasteiger partial charge in [-0.15, -0.1) is 0 Å². The number of aromatic nitrogens is 1. The van der Waals surface area contributed by atoms with Crippen LogP contribution in [0.15, 0.2) is 17.4 Å². The van der Waals surface area contributed by atoms with Crippen molar-refractivity contribution in [2.75, 3.05) is 13.7 Å². The van der Waals surface area contributed by atoms with Gasteiger partial charge in [-0.1, -0.05) is 28.4 Å². The molecular weight excluding hydrogens is 261 g/mol. The first-order valence-corrected chi connectivity index (χ1v) is 6.11. The van der Waals surface area contributed by atoms with Crippen molar-refractivity contribution in [3.05, 3.63) is 28.0 Å². The molecule has 1 N–H and O–H groups in total. The summed E-state index contributed by atoms with van der Waals surface area (Å²) in [4.78, 5) is 8.99. The van der Waals surface area contributed by atoms with Crippen LogP contribution in [-0.2, 0) is 4.84 Å². The number of oxime groups is 1. The van der Waals surface area contributed by atoms with Crippen molar-refractivity contribution in [1.82, 2.24) is 10.3 Å². The summed E-state index contributed by atoms with van der Waals surface area (Å²) in [5.74, 6) is 0. The summed E-state index contributed by atoms with van der Waals surface area (Å²) in [6, 6.07) is 2.23. The van der Waals surface area contributed by atoms with E-state index in [-0.39, 0.29) is 0 Å². The van der Waals surface area contributed by atoms with Gasteiger partial charge in [-0.05, 0) is 18.9 Å². The Balaban J connectivity index is 2.15. The monoisotopic (exact) mass is 273 g/mol. The molecular formula is C11H13Cl2N3O. The molecule has 0 aliphatic heterocycles. The summed E-state index contributed by atoms with van der Waals surface area (Å²) in [7, 11) is 1.50. The molecule has 0 atom stereocenters. The molecule has 1 aliphatic carbocycles. The number of hydrogen-bond donors (Lipinski definition) is 1. The Labute approximate surface area is 110 Å². The lowest BCUT2D eigenvalue weighted by atomic mass is 10.2. The van der Waals surface area contributed by atoms with Crippen molar-refractivity contribution in [2.45, 2.75) is 18.9 Å². The minimum absolute atomic E-state index is 0.478. The Morgan fingerprint density at radius 2 is 2.35 bits per heavy atom. The van der Waals surface area contributed by atoms with E-state index < -0.39 is 0 Å². The summed E-state index contributed by atoms with van der Waals surface area (Å²) in [5.41, 5.74) is 1.28. The van der Waals surface area contributed by atoms with E-state index in [0.29, 0.717) is 34.0 Å². The van der Waals surface area contributed by atoms with E-state index in [0.717, 1.165) is 0 Å².